The molecule has 0 aliphatic carbocycles. The number of hydrogen-bond donors (Lipinski definition) is 1. The molecule has 0 aromatic carbocycles. The minimum Gasteiger partial charge on any atom is -0.384 e. The zero-order valence-electron chi connectivity index (χ0n) is 9.67. The number of nitrogens with zero attached hydrogens (tertiary/aromatic N) is 4. The molecule has 0 amide bonds. The van der Waals surface area contributed by atoms with Crippen LogP contribution in [0, 0.1) is 6.92 Å². The van der Waals surface area contributed by atoms with Crippen molar-refractivity contribution < 1.29 is 0 Å². The third kappa shape index (κ3) is 3.37. The first-order valence-corrected chi connectivity index (χ1v) is 6.88. The third-order valence-electron chi connectivity index (χ3n) is 1.94. The molecule has 0 spiro atoms. The minimum atomic E-state index is 0.507. The van der Waals surface area contributed by atoms with E-state index in [1.165, 1.54) is 23.3 Å². The summed E-state index contributed by atoms with van der Waals surface area (Å²) in [5.74, 6) is 2.08. The fourth-order valence-corrected chi connectivity index (χ4v) is 2.92. The molecule has 2 aromatic rings. The molecule has 7 heteroatoms. The van der Waals surface area contributed by atoms with Crippen molar-refractivity contribution in [3.63, 3.8) is 0 Å². The lowest BCUT2D eigenvalue weighted by Gasteiger charge is -2.02. The zero-order valence-corrected chi connectivity index (χ0v) is 11.3. The van der Waals surface area contributed by atoms with Gasteiger partial charge in [0.1, 0.15) is 22.5 Å². The van der Waals surface area contributed by atoms with E-state index in [1.807, 2.05) is 6.92 Å². The molecule has 0 aliphatic rings. The quantitative estimate of drug-likeness (QED) is 0.857. The number of nitrogens with two attached hydrogens (primary N) is 1. The smallest absolute Gasteiger partial charge is 0.176 e. The summed E-state index contributed by atoms with van der Waals surface area (Å²) in [6.45, 7) is 3.96. The van der Waals surface area contributed by atoms with Crippen LogP contribution in [0.2, 0.25) is 0 Å². The fraction of sp³-hybridized carbons (Fsp3) is 0.400. The maximum absolute atomic E-state index is 5.75. The average Bonchev–Trinajstić information content (AvgIpc) is 2.63. The first-order chi connectivity index (χ1) is 8.17. The van der Waals surface area contributed by atoms with E-state index in [9.17, 15) is 0 Å². The van der Waals surface area contributed by atoms with Gasteiger partial charge >= 0.3 is 0 Å². The van der Waals surface area contributed by atoms with Crippen molar-refractivity contribution in [3.8, 4) is 0 Å². The average molecular weight is 267 g/mol. The van der Waals surface area contributed by atoms with Gasteiger partial charge in [-0.3, -0.25) is 0 Å². The van der Waals surface area contributed by atoms with Crippen LogP contribution in [0.4, 0.5) is 5.82 Å². The highest BCUT2D eigenvalue weighted by Crippen LogP contribution is 2.28. The summed E-state index contributed by atoms with van der Waals surface area (Å²) in [7, 11) is 0. The molecule has 0 saturated heterocycles. The van der Waals surface area contributed by atoms with Gasteiger partial charge in [0.05, 0.1) is 0 Å². The van der Waals surface area contributed by atoms with Gasteiger partial charge in [0.15, 0.2) is 4.34 Å². The Labute approximate surface area is 108 Å². The lowest BCUT2D eigenvalue weighted by Crippen LogP contribution is -2.00. The van der Waals surface area contributed by atoms with E-state index in [4.69, 9.17) is 5.73 Å². The van der Waals surface area contributed by atoms with Gasteiger partial charge < -0.3 is 5.73 Å². The fourth-order valence-electron chi connectivity index (χ4n) is 1.29. The van der Waals surface area contributed by atoms with Gasteiger partial charge in [-0.2, -0.15) is 4.37 Å². The molecule has 2 rings (SSSR count). The van der Waals surface area contributed by atoms with Crippen LogP contribution in [0.3, 0.4) is 0 Å². The summed E-state index contributed by atoms with van der Waals surface area (Å²) < 4.78 is 5.01. The van der Waals surface area contributed by atoms with Crippen LogP contribution in [-0.2, 0) is 6.42 Å². The standard InChI is InChI=1S/C10H13N5S2/c1-3-4-8-13-7(11)5-9(14-8)16-10-12-6(2)15-17-10/h5H,3-4H2,1-2H3,(H2,11,13,14). The van der Waals surface area contributed by atoms with E-state index in [-0.39, 0.29) is 0 Å². The van der Waals surface area contributed by atoms with E-state index < -0.39 is 0 Å². The van der Waals surface area contributed by atoms with Crippen molar-refractivity contribution in [2.24, 2.45) is 0 Å². The zero-order chi connectivity index (χ0) is 12.3. The van der Waals surface area contributed by atoms with E-state index in [0.29, 0.717) is 5.82 Å². The Hall–Kier alpha value is -1.21. The molecule has 0 radical (unpaired) electrons. The van der Waals surface area contributed by atoms with Crippen LogP contribution >= 0.6 is 23.3 Å². The van der Waals surface area contributed by atoms with Crippen molar-refractivity contribution in [1.82, 2.24) is 19.3 Å². The van der Waals surface area contributed by atoms with Crippen LogP contribution < -0.4 is 5.73 Å². The number of anilines is 1. The van der Waals surface area contributed by atoms with E-state index in [2.05, 4.69) is 26.2 Å². The summed E-state index contributed by atoms with van der Waals surface area (Å²) in [5.41, 5.74) is 5.75. The molecule has 0 unspecified atom stereocenters. The van der Waals surface area contributed by atoms with Gasteiger partial charge in [0.2, 0.25) is 0 Å². The largest absolute Gasteiger partial charge is 0.384 e. The summed E-state index contributed by atoms with van der Waals surface area (Å²) in [6, 6.07) is 1.76. The number of rotatable bonds is 4. The van der Waals surface area contributed by atoms with Crippen LogP contribution in [0.5, 0.6) is 0 Å². The highest BCUT2D eigenvalue weighted by molar-refractivity contribution is 8.00. The minimum absolute atomic E-state index is 0.507. The van der Waals surface area contributed by atoms with E-state index in [1.54, 1.807) is 6.07 Å². The first-order valence-electron chi connectivity index (χ1n) is 5.29. The molecule has 2 aromatic heterocycles. The van der Waals surface area contributed by atoms with Crippen molar-refractivity contribution >= 4 is 29.1 Å². The normalized spacial score (nSPS) is 10.7. The van der Waals surface area contributed by atoms with Crippen LogP contribution in [0.25, 0.3) is 0 Å². The molecule has 0 saturated carbocycles. The Morgan fingerprint density at radius 2 is 2.18 bits per heavy atom. The summed E-state index contributed by atoms with van der Waals surface area (Å²) in [6.07, 6.45) is 1.85. The second kappa shape index (κ2) is 5.42. The summed E-state index contributed by atoms with van der Waals surface area (Å²) >= 11 is 2.85. The summed E-state index contributed by atoms with van der Waals surface area (Å²) in [4.78, 5) is 12.9. The Morgan fingerprint density at radius 1 is 1.35 bits per heavy atom. The second-order valence-electron chi connectivity index (χ2n) is 3.51. The van der Waals surface area contributed by atoms with Crippen molar-refractivity contribution in [2.75, 3.05) is 5.73 Å². The molecule has 17 heavy (non-hydrogen) atoms. The van der Waals surface area contributed by atoms with Crippen molar-refractivity contribution in [1.29, 1.82) is 0 Å². The van der Waals surface area contributed by atoms with Crippen molar-refractivity contribution in [2.45, 2.75) is 36.1 Å². The second-order valence-corrected chi connectivity index (χ2v) is 5.53. The van der Waals surface area contributed by atoms with Crippen LogP contribution in [0.1, 0.15) is 25.0 Å². The Balaban J connectivity index is 2.20. The maximum Gasteiger partial charge on any atom is 0.176 e. The van der Waals surface area contributed by atoms with Gasteiger partial charge in [-0.25, -0.2) is 15.0 Å². The molecular weight excluding hydrogens is 254 g/mol. The molecule has 0 aliphatic heterocycles. The van der Waals surface area contributed by atoms with Gasteiger partial charge in [-0.1, -0.05) is 6.92 Å². The predicted molar refractivity (Wildman–Crippen MR) is 69.2 cm³/mol. The van der Waals surface area contributed by atoms with Gasteiger partial charge in [-0.05, 0) is 36.6 Å². The number of aryl methyl sites for hydroxylation is 2. The van der Waals surface area contributed by atoms with Crippen molar-refractivity contribution in [3.05, 3.63) is 17.7 Å². The first kappa shape index (κ1) is 12.3. The molecule has 5 nitrogen and oxygen atoms in total. The highest BCUT2D eigenvalue weighted by Gasteiger charge is 2.07. The Bertz CT molecular complexity index is 511. The molecule has 0 fully saturated rings. The van der Waals surface area contributed by atoms with E-state index in [0.717, 1.165) is 33.9 Å². The van der Waals surface area contributed by atoms with Gasteiger partial charge in [0, 0.05) is 12.5 Å². The molecule has 90 valence electrons. The SMILES string of the molecule is CCCc1nc(N)cc(Sc2nc(C)ns2)n1. The molecular formula is C10H13N5S2. The molecule has 2 N–H and O–H groups in total. The molecule has 0 bridgehead atoms. The number of aromatic nitrogens is 4. The lowest BCUT2D eigenvalue weighted by atomic mass is 10.3. The van der Waals surface area contributed by atoms with Crippen LogP contribution in [0.15, 0.2) is 15.4 Å². The van der Waals surface area contributed by atoms with Crippen LogP contribution in [-0.4, -0.2) is 19.3 Å². The Kier molecular flexibility index (Phi) is 3.90. The molecule has 0 atom stereocenters. The molecule has 2 heterocycles. The Morgan fingerprint density at radius 3 is 2.82 bits per heavy atom. The number of nitrogen functional groups attached to an aromatic ring is 1. The number of hydrogen-bond acceptors (Lipinski definition) is 7. The highest BCUT2D eigenvalue weighted by atomic mass is 32.2. The van der Waals surface area contributed by atoms with E-state index >= 15 is 0 Å². The predicted octanol–water partition coefficient (Wildman–Crippen LogP) is 2.32. The third-order valence-corrected chi connectivity index (χ3v) is 3.70. The topological polar surface area (TPSA) is 77.6 Å². The van der Waals surface area contributed by atoms with Gasteiger partial charge in [-0.15, -0.1) is 0 Å². The summed E-state index contributed by atoms with van der Waals surface area (Å²) in [5, 5.41) is 0.831. The van der Waals surface area contributed by atoms with Gasteiger partial charge in [0.25, 0.3) is 0 Å². The lowest BCUT2D eigenvalue weighted by molar-refractivity contribution is 0.813. The monoisotopic (exact) mass is 267 g/mol. The maximum atomic E-state index is 5.75.